The first-order chi connectivity index (χ1) is 9.08. The Labute approximate surface area is 116 Å². The lowest BCUT2D eigenvalue weighted by Crippen LogP contribution is -2.44. The van der Waals surface area contributed by atoms with Gasteiger partial charge in [0, 0.05) is 18.8 Å². The van der Waals surface area contributed by atoms with Crippen LogP contribution in [0.5, 0.6) is 0 Å². The molecule has 2 rings (SSSR count). The van der Waals surface area contributed by atoms with Crippen LogP contribution in [0.2, 0.25) is 5.02 Å². The van der Waals surface area contributed by atoms with Gasteiger partial charge in [-0.2, -0.15) is 0 Å². The number of nitrogens with one attached hydrogen (secondary N) is 1. The Kier molecular flexibility index (Phi) is 4.47. The van der Waals surface area contributed by atoms with Gasteiger partial charge in [0.05, 0.1) is 5.02 Å². The predicted molar refractivity (Wildman–Crippen MR) is 71.1 cm³/mol. The Morgan fingerprint density at radius 3 is 2.95 bits per heavy atom. The summed E-state index contributed by atoms with van der Waals surface area (Å²) < 4.78 is 4.98. The molecule has 1 aromatic rings. The first-order valence-electron chi connectivity index (χ1n) is 6.38. The average molecular weight is 285 g/mol. The number of aromatic nitrogens is 1. The number of rotatable bonds is 3. The lowest BCUT2D eigenvalue weighted by Gasteiger charge is -2.33. The molecule has 0 aliphatic carbocycles. The molecule has 1 N–H and O–H groups in total. The van der Waals surface area contributed by atoms with Gasteiger partial charge in [-0.3, -0.25) is 4.79 Å². The maximum atomic E-state index is 12.0. The Morgan fingerprint density at radius 2 is 2.32 bits per heavy atom. The number of piperidine rings is 1. The van der Waals surface area contributed by atoms with Crippen LogP contribution in [0.25, 0.3) is 0 Å². The van der Waals surface area contributed by atoms with Crippen LogP contribution in [0.1, 0.15) is 36.7 Å². The van der Waals surface area contributed by atoms with Crippen molar-refractivity contribution in [2.45, 2.75) is 32.2 Å². The van der Waals surface area contributed by atoms with E-state index in [1.54, 1.807) is 4.90 Å². The lowest BCUT2D eigenvalue weighted by atomic mass is 10.0. The van der Waals surface area contributed by atoms with Crippen LogP contribution >= 0.6 is 11.6 Å². The minimum atomic E-state index is -0.565. The summed E-state index contributed by atoms with van der Waals surface area (Å²) in [4.78, 5) is 28.1. The number of nitrogens with zero attached hydrogens (tertiary/aromatic N) is 1. The van der Waals surface area contributed by atoms with Gasteiger partial charge < -0.3 is 14.6 Å². The monoisotopic (exact) mass is 284 g/mol. The molecule has 1 saturated heterocycles. The second-order valence-electron chi connectivity index (χ2n) is 4.74. The molecular weight excluding hydrogens is 268 g/mol. The standard InChI is InChI=1S/C13H17ClN2O3/c1-9-4-2-3-5-16(9)12(17)8-19-13(18)11-6-10(14)7-15-11/h6-7,9,15H,2-5,8H2,1H3. The van der Waals surface area contributed by atoms with Crippen molar-refractivity contribution in [2.75, 3.05) is 13.2 Å². The molecule has 6 heteroatoms. The summed E-state index contributed by atoms with van der Waals surface area (Å²) in [5.74, 6) is -0.705. The highest BCUT2D eigenvalue weighted by atomic mass is 35.5. The fraction of sp³-hybridized carbons (Fsp3) is 0.538. The molecule has 0 spiro atoms. The molecule has 1 aliphatic rings. The molecule has 1 aliphatic heterocycles. The lowest BCUT2D eigenvalue weighted by molar-refractivity contribution is -0.137. The molecule has 5 nitrogen and oxygen atoms in total. The topological polar surface area (TPSA) is 62.4 Å². The summed E-state index contributed by atoms with van der Waals surface area (Å²) in [7, 11) is 0. The number of carbonyl (C=O) groups is 2. The summed E-state index contributed by atoms with van der Waals surface area (Å²) in [5, 5.41) is 0.433. The number of carbonyl (C=O) groups excluding carboxylic acids is 2. The number of aromatic amines is 1. The summed E-state index contributed by atoms with van der Waals surface area (Å²) in [6.07, 6.45) is 4.65. The molecule has 2 heterocycles. The molecule has 0 bridgehead atoms. The number of amides is 1. The molecule has 19 heavy (non-hydrogen) atoms. The molecule has 1 fully saturated rings. The Balaban J connectivity index is 1.84. The fourth-order valence-corrected chi connectivity index (χ4v) is 2.41. The minimum absolute atomic E-state index is 0.141. The Bertz CT molecular complexity index is 472. The summed E-state index contributed by atoms with van der Waals surface area (Å²) in [5.41, 5.74) is 0.254. The highest BCUT2D eigenvalue weighted by Crippen LogP contribution is 2.16. The van der Waals surface area contributed by atoms with E-state index in [2.05, 4.69) is 4.98 Å². The SMILES string of the molecule is CC1CCCCN1C(=O)COC(=O)c1cc(Cl)c[nH]1. The van der Waals surface area contributed by atoms with E-state index in [0.29, 0.717) is 5.02 Å². The van der Waals surface area contributed by atoms with Gasteiger partial charge in [0.2, 0.25) is 0 Å². The highest BCUT2D eigenvalue weighted by molar-refractivity contribution is 6.30. The molecule has 0 saturated carbocycles. The maximum Gasteiger partial charge on any atom is 0.355 e. The smallest absolute Gasteiger partial charge is 0.355 e. The normalized spacial score (nSPS) is 19.3. The van der Waals surface area contributed by atoms with E-state index >= 15 is 0 Å². The second-order valence-corrected chi connectivity index (χ2v) is 5.18. The third-order valence-electron chi connectivity index (χ3n) is 3.32. The van der Waals surface area contributed by atoms with Crippen LogP contribution < -0.4 is 0 Å². The van der Waals surface area contributed by atoms with Gasteiger partial charge in [-0.25, -0.2) is 4.79 Å². The van der Waals surface area contributed by atoms with Gasteiger partial charge in [0.15, 0.2) is 6.61 Å². The van der Waals surface area contributed by atoms with E-state index in [0.717, 1.165) is 25.8 Å². The van der Waals surface area contributed by atoms with E-state index in [1.807, 2.05) is 6.92 Å². The highest BCUT2D eigenvalue weighted by Gasteiger charge is 2.24. The fourth-order valence-electron chi connectivity index (χ4n) is 2.24. The third kappa shape index (κ3) is 3.50. The first-order valence-corrected chi connectivity index (χ1v) is 6.76. The number of esters is 1. The summed E-state index contributed by atoms with van der Waals surface area (Å²) in [6.45, 7) is 2.54. The Morgan fingerprint density at radius 1 is 1.53 bits per heavy atom. The van der Waals surface area contributed by atoms with Crippen LogP contribution in [0.4, 0.5) is 0 Å². The van der Waals surface area contributed by atoms with Crippen molar-refractivity contribution in [1.29, 1.82) is 0 Å². The second kappa shape index (κ2) is 6.10. The first kappa shape index (κ1) is 13.9. The van der Waals surface area contributed by atoms with Crippen LogP contribution in [0.3, 0.4) is 0 Å². The van der Waals surface area contributed by atoms with Gasteiger partial charge in [-0.1, -0.05) is 11.6 Å². The van der Waals surface area contributed by atoms with Crippen LogP contribution in [-0.2, 0) is 9.53 Å². The summed E-state index contributed by atoms with van der Waals surface area (Å²) >= 11 is 5.69. The van der Waals surface area contributed by atoms with E-state index in [9.17, 15) is 9.59 Å². The van der Waals surface area contributed by atoms with Crippen molar-refractivity contribution in [3.8, 4) is 0 Å². The zero-order valence-electron chi connectivity index (χ0n) is 10.8. The number of hydrogen-bond donors (Lipinski definition) is 1. The maximum absolute atomic E-state index is 12.0. The zero-order valence-corrected chi connectivity index (χ0v) is 11.6. The van der Waals surface area contributed by atoms with E-state index in [4.69, 9.17) is 16.3 Å². The molecule has 0 aromatic carbocycles. The minimum Gasteiger partial charge on any atom is -0.451 e. The predicted octanol–water partition coefficient (Wildman–Crippen LogP) is 2.23. The number of hydrogen-bond acceptors (Lipinski definition) is 3. The van der Waals surface area contributed by atoms with Crippen molar-refractivity contribution in [1.82, 2.24) is 9.88 Å². The summed E-state index contributed by atoms with van der Waals surface area (Å²) in [6, 6.07) is 1.69. The van der Waals surface area contributed by atoms with Gasteiger partial charge in [0.25, 0.3) is 5.91 Å². The molecule has 0 radical (unpaired) electrons. The molecule has 1 unspecified atom stereocenters. The largest absolute Gasteiger partial charge is 0.451 e. The molecular formula is C13H17ClN2O3. The average Bonchev–Trinajstić information content (AvgIpc) is 2.83. The van der Waals surface area contributed by atoms with Gasteiger partial charge in [0.1, 0.15) is 5.69 Å². The van der Waals surface area contributed by atoms with Gasteiger partial charge in [-0.15, -0.1) is 0 Å². The zero-order chi connectivity index (χ0) is 13.8. The third-order valence-corrected chi connectivity index (χ3v) is 3.54. The van der Waals surface area contributed by atoms with Crippen LogP contribution in [-0.4, -0.2) is 41.0 Å². The van der Waals surface area contributed by atoms with Crippen molar-refractivity contribution >= 4 is 23.5 Å². The van der Waals surface area contributed by atoms with Crippen molar-refractivity contribution in [2.24, 2.45) is 0 Å². The number of H-pyrrole nitrogens is 1. The van der Waals surface area contributed by atoms with E-state index < -0.39 is 5.97 Å². The van der Waals surface area contributed by atoms with Gasteiger partial charge in [-0.05, 0) is 32.3 Å². The molecule has 1 atom stereocenters. The number of likely N-dealkylation sites (tertiary alicyclic amines) is 1. The molecule has 1 aromatic heterocycles. The Hall–Kier alpha value is -1.49. The quantitative estimate of drug-likeness (QED) is 0.866. The molecule has 104 valence electrons. The molecule has 1 amide bonds. The van der Waals surface area contributed by atoms with Gasteiger partial charge >= 0.3 is 5.97 Å². The van der Waals surface area contributed by atoms with Crippen molar-refractivity contribution < 1.29 is 14.3 Å². The number of ether oxygens (including phenoxy) is 1. The number of halogens is 1. The van der Waals surface area contributed by atoms with E-state index in [-0.39, 0.29) is 24.2 Å². The van der Waals surface area contributed by atoms with Crippen molar-refractivity contribution in [3.63, 3.8) is 0 Å². The van der Waals surface area contributed by atoms with Crippen molar-refractivity contribution in [3.05, 3.63) is 23.0 Å². The van der Waals surface area contributed by atoms with Crippen LogP contribution in [0.15, 0.2) is 12.3 Å². The van der Waals surface area contributed by atoms with E-state index in [1.165, 1.54) is 12.3 Å². The van der Waals surface area contributed by atoms with Crippen LogP contribution in [0, 0.1) is 0 Å².